The first-order valence-corrected chi connectivity index (χ1v) is 14.6. The summed E-state index contributed by atoms with van der Waals surface area (Å²) in [5.41, 5.74) is 0. The van der Waals surface area contributed by atoms with Crippen LogP contribution < -0.4 is 4.74 Å². The van der Waals surface area contributed by atoms with Crippen molar-refractivity contribution in [3.8, 4) is 5.75 Å². The minimum Gasteiger partial charge on any atom is -0.466 e. The van der Waals surface area contributed by atoms with Gasteiger partial charge in [-0.25, -0.2) is 0 Å². The molecule has 1 aromatic rings. The first kappa shape index (κ1) is 31.2. The number of para-hydroxylation sites is 1. The summed E-state index contributed by atoms with van der Waals surface area (Å²) in [5.74, 6) is 0.397. The maximum atomic E-state index is 11.8. The van der Waals surface area contributed by atoms with Crippen LogP contribution in [0.1, 0.15) is 142 Å². The number of rotatable bonds is 24. The third-order valence-electron chi connectivity index (χ3n) is 6.50. The van der Waals surface area contributed by atoms with E-state index in [2.05, 4.69) is 6.92 Å². The highest BCUT2D eigenvalue weighted by atomic mass is 16.5. The van der Waals surface area contributed by atoms with E-state index in [1.807, 2.05) is 18.2 Å². The zero-order valence-electron chi connectivity index (χ0n) is 22.6. The first-order chi connectivity index (χ1) is 17.2. The number of benzene rings is 1. The van der Waals surface area contributed by atoms with Gasteiger partial charge < -0.3 is 9.47 Å². The average Bonchev–Trinajstić information content (AvgIpc) is 2.86. The number of carbonyl (C=O) groups excluding carboxylic acids is 2. The van der Waals surface area contributed by atoms with Gasteiger partial charge in [-0.3, -0.25) is 9.59 Å². The van der Waals surface area contributed by atoms with Crippen LogP contribution in [0.25, 0.3) is 0 Å². The van der Waals surface area contributed by atoms with Gasteiger partial charge in [0.15, 0.2) is 0 Å². The second-order valence-corrected chi connectivity index (χ2v) is 9.87. The Morgan fingerprint density at radius 3 is 1.49 bits per heavy atom. The van der Waals surface area contributed by atoms with E-state index >= 15 is 0 Å². The summed E-state index contributed by atoms with van der Waals surface area (Å²) >= 11 is 0. The average molecular weight is 489 g/mol. The molecule has 1 aromatic carbocycles. The smallest absolute Gasteiger partial charge is 0.311 e. The fourth-order valence-electron chi connectivity index (χ4n) is 4.29. The quantitative estimate of drug-likeness (QED) is 0.0826. The Bertz CT molecular complexity index is 614. The Morgan fingerprint density at radius 1 is 0.543 bits per heavy atom. The molecule has 0 aliphatic heterocycles. The first-order valence-electron chi connectivity index (χ1n) is 14.6. The van der Waals surface area contributed by atoms with E-state index in [9.17, 15) is 9.59 Å². The van der Waals surface area contributed by atoms with Crippen LogP contribution in [0.5, 0.6) is 5.75 Å². The third kappa shape index (κ3) is 21.2. The Balaban J connectivity index is 1.76. The van der Waals surface area contributed by atoms with Crippen LogP contribution in [0.4, 0.5) is 0 Å². The summed E-state index contributed by atoms with van der Waals surface area (Å²) in [6, 6.07) is 9.21. The highest BCUT2D eigenvalue weighted by molar-refractivity contribution is 5.72. The summed E-state index contributed by atoms with van der Waals surface area (Å²) in [6.45, 7) is 2.85. The van der Waals surface area contributed by atoms with Gasteiger partial charge in [0.2, 0.25) is 0 Å². The van der Waals surface area contributed by atoms with E-state index in [4.69, 9.17) is 9.47 Å². The van der Waals surface area contributed by atoms with Crippen molar-refractivity contribution in [1.29, 1.82) is 0 Å². The number of ether oxygens (including phenoxy) is 2. The van der Waals surface area contributed by atoms with Crippen molar-refractivity contribution >= 4 is 11.9 Å². The van der Waals surface area contributed by atoms with Crippen molar-refractivity contribution in [2.45, 2.75) is 142 Å². The molecule has 0 fully saturated rings. The molecule has 0 saturated heterocycles. The van der Waals surface area contributed by atoms with Gasteiger partial charge in [-0.05, 0) is 31.4 Å². The third-order valence-corrected chi connectivity index (χ3v) is 6.50. The van der Waals surface area contributed by atoms with Gasteiger partial charge in [0, 0.05) is 12.8 Å². The van der Waals surface area contributed by atoms with Crippen LogP contribution in [0, 0.1) is 0 Å². The lowest BCUT2D eigenvalue weighted by molar-refractivity contribution is -0.144. The van der Waals surface area contributed by atoms with Crippen molar-refractivity contribution in [1.82, 2.24) is 0 Å². The molecular weight excluding hydrogens is 436 g/mol. The second kappa shape index (κ2) is 23.9. The molecular formula is C31H52O4. The fourth-order valence-corrected chi connectivity index (χ4v) is 4.29. The molecule has 0 aromatic heterocycles. The van der Waals surface area contributed by atoms with Crippen molar-refractivity contribution in [3.63, 3.8) is 0 Å². The maximum absolute atomic E-state index is 11.8. The van der Waals surface area contributed by atoms with Crippen LogP contribution >= 0.6 is 0 Å². The number of carbonyl (C=O) groups is 2. The number of esters is 2. The molecule has 200 valence electrons. The molecule has 0 aliphatic carbocycles. The van der Waals surface area contributed by atoms with Crippen LogP contribution in [-0.2, 0) is 14.3 Å². The van der Waals surface area contributed by atoms with E-state index in [-0.39, 0.29) is 11.9 Å². The Hall–Kier alpha value is -1.84. The molecule has 0 aliphatic rings. The summed E-state index contributed by atoms with van der Waals surface area (Å²) in [4.78, 5) is 23.6. The minimum atomic E-state index is -0.164. The van der Waals surface area contributed by atoms with Gasteiger partial charge in [0.25, 0.3) is 0 Å². The molecule has 4 heteroatoms. The SMILES string of the molecule is CCCCCCCCCCCCCCCOC(=O)CCCCCCCCC(=O)Oc1ccccc1. The molecule has 0 radical (unpaired) electrons. The summed E-state index contributed by atoms with van der Waals surface area (Å²) in [6.07, 6.45) is 24.2. The predicted molar refractivity (Wildman–Crippen MR) is 146 cm³/mol. The Kier molecular flexibility index (Phi) is 21.3. The van der Waals surface area contributed by atoms with Gasteiger partial charge in [-0.15, -0.1) is 0 Å². The highest BCUT2D eigenvalue weighted by Crippen LogP contribution is 2.14. The molecule has 1 rings (SSSR count). The molecule has 0 heterocycles. The Labute approximate surface area is 215 Å². The van der Waals surface area contributed by atoms with Crippen molar-refractivity contribution in [2.75, 3.05) is 6.61 Å². The maximum Gasteiger partial charge on any atom is 0.311 e. The van der Waals surface area contributed by atoms with E-state index in [1.54, 1.807) is 12.1 Å². The predicted octanol–water partition coefficient (Wildman–Crippen LogP) is 9.35. The summed E-state index contributed by atoms with van der Waals surface area (Å²) in [5, 5.41) is 0. The molecule has 4 nitrogen and oxygen atoms in total. The van der Waals surface area contributed by atoms with E-state index < -0.39 is 0 Å². The standard InChI is InChI=1S/C31H52O4/c1-2-3-4-5-6-7-8-9-10-11-14-17-23-28-34-30(32)26-21-15-12-13-16-22-27-31(33)35-29-24-19-18-20-25-29/h18-20,24-25H,2-17,21-23,26-28H2,1H3. The van der Waals surface area contributed by atoms with Crippen molar-refractivity contribution < 1.29 is 19.1 Å². The lowest BCUT2D eigenvalue weighted by Gasteiger charge is -2.06. The van der Waals surface area contributed by atoms with Crippen molar-refractivity contribution in [2.24, 2.45) is 0 Å². The molecule has 0 saturated carbocycles. The minimum absolute atomic E-state index is 0.0485. The lowest BCUT2D eigenvalue weighted by atomic mass is 10.0. The number of unbranched alkanes of at least 4 members (excludes halogenated alkanes) is 17. The van der Waals surface area contributed by atoms with Crippen molar-refractivity contribution in [3.05, 3.63) is 30.3 Å². The second-order valence-electron chi connectivity index (χ2n) is 9.87. The fraction of sp³-hybridized carbons (Fsp3) is 0.742. The molecule has 0 unspecified atom stereocenters. The molecule has 35 heavy (non-hydrogen) atoms. The topological polar surface area (TPSA) is 52.6 Å². The zero-order valence-corrected chi connectivity index (χ0v) is 22.6. The van der Waals surface area contributed by atoms with Gasteiger partial charge in [0.05, 0.1) is 6.61 Å². The van der Waals surface area contributed by atoms with E-state index in [0.29, 0.717) is 25.2 Å². The van der Waals surface area contributed by atoms with Gasteiger partial charge in [0.1, 0.15) is 5.75 Å². The lowest BCUT2D eigenvalue weighted by Crippen LogP contribution is -2.07. The van der Waals surface area contributed by atoms with Crippen LogP contribution in [0.3, 0.4) is 0 Å². The van der Waals surface area contributed by atoms with Crippen LogP contribution in [0.15, 0.2) is 30.3 Å². The zero-order chi connectivity index (χ0) is 25.2. The van der Waals surface area contributed by atoms with Gasteiger partial charge in [-0.1, -0.05) is 128 Å². The van der Waals surface area contributed by atoms with Crippen LogP contribution in [-0.4, -0.2) is 18.5 Å². The largest absolute Gasteiger partial charge is 0.466 e. The molecule has 0 atom stereocenters. The Morgan fingerprint density at radius 2 is 0.971 bits per heavy atom. The molecule has 0 amide bonds. The normalized spacial score (nSPS) is 10.9. The number of hydrogen-bond donors (Lipinski definition) is 0. The molecule has 0 N–H and O–H groups in total. The van der Waals surface area contributed by atoms with E-state index in [1.165, 1.54) is 77.0 Å². The summed E-state index contributed by atoms with van der Waals surface area (Å²) in [7, 11) is 0. The van der Waals surface area contributed by atoms with Gasteiger partial charge in [-0.2, -0.15) is 0 Å². The number of hydrogen-bond acceptors (Lipinski definition) is 4. The summed E-state index contributed by atoms with van der Waals surface area (Å²) < 4.78 is 10.7. The monoisotopic (exact) mass is 488 g/mol. The molecule has 0 spiro atoms. The van der Waals surface area contributed by atoms with Crippen LogP contribution in [0.2, 0.25) is 0 Å². The van der Waals surface area contributed by atoms with E-state index in [0.717, 1.165) is 44.9 Å². The molecule has 0 bridgehead atoms. The highest BCUT2D eigenvalue weighted by Gasteiger charge is 2.05. The van der Waals surface area contributed by atoms with Gasteiger partial charge >= 0.3 is 11.9 Å².